The van der Waals surface area contributed by atoms with Crippen LogP contribution in [0.5, 0.6) is 0 Å². The molecule has 3 rings (SSSR count). The Morgan fingerprint density at radius 1 is 1.24 bits per heavy atom. The zero-order chi connectivity index (χ0) is 11.8. The summed E-state index contributed by atoms with van der Waals surface area (Å²) in [6.07, 6.45) is 5.34. The Labute approximate surface area is 103 Å². The van der Waals surface area contributed by atoms with Crippen LogP contribution < -0.4 is 4.80 Å². The average Bonchev–Trinajstić information content (AvgIpc) is 2.67. The van der Waals surface area contributed by atoms with Gasteiger partial charge in [-0.2, -0.15) is 0 Å². The van der Waals surface area contributed by atoms with Crippen molar-refractivity contribution in [3.63, 3.8) is 0 Å². The van der Waals surface area contributed by atoms with Crippen molar-refractivity contribution in [1.82, 2.24) is 4.57 Å². The standard InChI is InChI=1S/C14H10N2S/c1-2-9-16-12-8-7-10-5-3-4-6-11(10)13(12)17-14(16)15/h1,3-8,15H,9H2. The number of terminal acetylenes is 1. The minimum Gasteiger partial charge on any atom is -0.305 e. The monoisotopic (exact) mass is 238 g/mol. The van der Waals surface area contributed by atoms with Crippen LogP contribution in [0.4, 0.5) is 0 Å². The number of nitrogens with one attached hydrogen (secondary N) is 1. The average molecular weight is 238 g/mol. The quantitative estimate of drug-likeness (QED) is 0.631. The molecule has 82 valence electrons. The predicted molar refractivity (Wildman–Crippen MR) is 72.0 cm³/mol. The van der Waals surface area contributed by atoms with Gasteiger partial charge in [-0.25, -0.2) is 0 Å². The Kier molecular flexibility index (Phi) is 2.24. The zero-order valence-corrected chi connectivity index (χ0v) is 9.92. The van der Waals surface area contributed by atoms with Crippen LogP contribution in [0.2, 0.25) is 0 Å². The number of rotatable bonds is 1. The summed E-state index contributed by atoms with van der Waals surface area (Å²) >= 11 is 1.48. The lowest BCUT2D eigenvalue weighted by Crippen LogP contribution is -2.11. The Morgan fingerprint density at radius 2 is 2.06 bits per heavy atom. The second-order valence-corrected chi connectivity index (χ2v) is 4.83. The van der Waals surface area contributed by atoms with Crippen molar-refractivity contribution < 1.29 is 0 Å². The van der Waals surface area contributed by atoms with Crippen LogP contribution in [-0.4, -0.2) is 4.57 Å². The highest BCUT2D eigenvalue weighted by molar-refractivity contribution is 7.17. The number of fused-ring (bicyclic) bond motifs is 3. The minimum absolute atomic E-state index is 0.456. The fourth-order valence-electron chi connectivity index (χ4n) is 2.06. The maximum atomic E-state index is 7.96. The first kappa shape index (κ1) is 10.1. The normalized spacial score (nSPS) is 10.8. The molecule has 0 radical (unpaired) electrons. The van der Waals surface area contributed by atoms with Crippen LogP contribution in [0, 0.1) is 17.8 Å². The molecule has 3 heteroatoms. The molecule has 0 unspecified atom stereocenters. The molecule has 1 aromatic heterocycles. The highest BCUT2D eigenvalue weighted by Crippen LogP contribution is 2.27. The number of hydrogen-bond donors (Lipinski definition) is 1. The van der Waals surface area contributed by atoms with E-state index >= 15 is 0 Å². The number of thiazole rings is 1. The van der Waals surface area contributed by atoms with Crippen LogP contribution >= 0.6 is 11.3 Å². The summed E-state index contributed by atoms with van der Waals surface area (Å²) in [7, 11) is 0. The van der Waals surface area contributed by atoms with E-state index in [1.165, 1.54) is 22.1 Å². The molecular formula is C14H10N2S. The third-order valence-corrected chi connectivity index (χ3v) is 3.89. The van der Waals surface area contributed by atoms with Gasteiger partial charge < -0.3 is 4.57 Å². The molecular weight excluding hydrogens is 228 g/mol. The lowest BCUT2D eigenvalue weighted by Gasteiger charge is -2.01. The lowest BCUT2D eigenvalue weighted by atomic mass is 10.1. The van der Waals surface area contributed by atoms with E-state index in [0.717, 1.165) is 10.2 Å². The van der Waals surface area contributed by atoms with Gasteiger partial charge in [0.2, 0.25) is 0 Å². The molecule has 3 aromatic rings. The van der Waals surface area contributed by atoms with Gasteiger partial charge in [0.05, 0.1) is 16.8 Å². The van der Waals surface area contributed by atoms with Crippen molar-refractivity contribution in [2.45, 2.75) is 6.54 Å². The highest BCUT2D eigenvalue weighted by atomic mass is 32.1. The first-order valence-corrected chi connectivity index (χ1v) is 6.12. The van der Waals surface area contributed by atoms with Crippen molar-refractivity contribution in [2.24, 2.45) is 0 Å². The number of nitrogens with zero attached hydrogens (tertiary/aromatic N) is 1. The maximum absolute atomic E-state index is 7.96. The maximum Gasteiger partial charge on any atom is 0.183 e. The summed E-state index contributed by atoms with van der Waals surface area (Å²) in [6.45, 7) is 0.456. The SMILES string of the molecule is C#CCn1c(=N)sc2c3ccccc3ccc21. The molecule has 1 N–H and O–H groups in total. The second kappa shape index (κ2) is 3.76. The Bertz CT molecular complexity index is 802. The van der Waals surface area contributed by atoms with Crippen LogP contribution in [0.1, 0.15) is 0 Å². The molecule has 0 aliphatic carbocycles. The van der Waals surface area contributed by atoms with Crippen molar-refractivity contribution in [1.29, 1.82) is 5.41 Å². The Balaban J connectivity index is 2.50. The van der Waals surface area contributed by atoms with E-state index in [1.54, 1.807) is 0 Å². The molecule has 0 aliphatic heterocycles. The largest absolute Gasteiger partial charge is 0.305 e. The molecule has 0 amide bonds. The topological polar surface area (TPSA) is 28.8 Å². The molecule has 17 heavy (non-hydrogen) atoms. The van der Waals surface area contributed by atoms with Gasteiger partial charge in [-0.05, 0) is 11.5 Å². The van der Waals surface area contributed by atoms with E-state index < -0.39 is 0 Å². The van der Waals surface area contributed by atoms with E-state index in [9.17, 15) is 0 Å². The molecule has 0 saturated carbocycles. The molecule has 0 fully saturated rings. The summed E-state index contributed by atoms with van der Waals surface area (Å²) in [4.78, 5) is 0.509. The lowest BCUT2D eigenvalue weighted by molar-refractivity contribution is 0.829. The minimum atomic E-state index is 0.456. The van der Waals surface area contributed by atoms with Gasteiger partial charge >= 0.3 is 0 Å². The number of aromatic nitrogens is 1. The van der Waals surface area contributed by atoms with Crippen molar-refractivity contribution >= 4 is 32.3 Å². The fourth-order valence-corrected chi connectivity index (χ4v) is 3.11. The Hall–Kier alpha value is -2.05. The fraction of sp³-hybridized carbons (Fsp3) is 0.0714. The molecule has 2 aromatic carbocycles. The van der Waals surface area contributed by atoms with Gasteiger partial charge in [-0.15, -0.1) is 6.42 Å². The van der Waals surface area contributed by atoms with Gasteiger partial charge in [0.25, 0.3) is 0 Å². The van der Waals surface area contributed by atoms with Crippen LogP contribution in [-0.2, 0) is 6.54 Å². The van der Waals surface area contributed by atoms with E-state index in [2.05, 4.69) is 24.1 Å². The summed E-state index contributed by atoms with van der Waals surface area (Å²) in [5.41, 5.74) is 1.05. The van der Waals surface area contributed by atoms with Gasteiger partial charge in [0, 0.05) is 5.39 Å². The molecule has 0 atom stereocenters. The summed E-state index contributed by atoms with van der Waals surface area (Å²) in [5, 5.41) is 10.4. The van der Waals surface area contributed by atoms with Crippen LogP contribution in [0.3, 0.4) is 0 Å². The Morgan fingerprint density at radius 3 is 2.88 bits per heavy atom. The second-order valence-electron chi connectivity index (χ2n) is 3.83. The van der Waals surface area contributed by atoms with Crippen molar-refractivity contribution in [3.05, 3.63) is 41.2 Å². The summed E-state index contributed by atoms with van der Waals surface area (Å²) < 4.78 is 3.01. The highest BCUT2D eigenvalue weighted by Gasteiger charge is 2.07. The van der Waals surface area contributed by atoms with Crippen molar-refractivity contribution in [3.8, 4) is 12.3 Å². The molecule has 2 nitrogen and oxygen atoms in total. The predicted octanol–water partition coefficient (Wildman–Crippen LogP) is 2.97. The van der Waals surface area contributed by atoms with Crippen LogP contribution in [0.15, 0.2) is 36.4 Å². The van der Waals surface area contributed by atoms with Gasteiger partial charge in [-0.1, -0.05) is 47.6 Å². The third-order valence-electron chi connectivity index (χ3n) is 2.84. The van der Waals surface area contributed by atoms with Gasteiger partial charge in [-0.3, -0.25) is 5.41 Å². The van der Waals surface area contributed by atoms with E-state index in [4.69, 9.17) is 11.8 Å². The zero-order valence-electron chi connectivity index (χ0n) is 9.10. The van der Waals surface area contributed by atoms with Gasteiger partial charge in [0.15, 0.2) is 4.80 Å². The first-order chi connectivity index (χ1) is 8.31. The third kappa shape index (κ3) is 1.46. The molecule has 0 spiro atoms. The molecule has 0 saturated heterocycles. The van der Waals surface area contributed by atoms with Crippen LogP contribution in [0.25, 0.3) is 21.0 Å². The smallest absolute Gasteiger partial charge is 0.183 e. The van der Waals surface area contributed by atoms with Crippen molar-refractivity contribution in [2.75, 3.05) is 0 Å². The van der Waals surface area contributed by atoms with E-state index in [0.29, 0.717) is 11.3 Å². The molecule has 0 aliphatic rings. The number of benzene rings is 2. The number of hydrogen-bond acceptors (Lipinski definition) is 2. The van der Waals surface area contributed by atoms with E-state index in [-0.39, 0.29) is 0 Å². The molecule has 1 heterocycles. The summed E-state index contributed by atoms with van der Waals surface area (Å²) in [5.74, 6) is 2.60. The van der Waals surface area contributed by atoms with Gasteiger partial charge in [0.1, 0.15) is 0 Å². The van der Waals surface area contributed by atoms with E-state index in [1.807, 2.05) is 22.8 Å². The first-order valence-electron chi connectivity index (χ1n) is 5.30. The summed E-state index contributed by atoms with van der Waals surface area (Å²) in [6, 6.07) is 12.4. The molecule has 0 bridgehead atoms.